The number of hydrogen-bond acceptors (Lipinski definition) is 4. The van der Waals surface area contributed by atoms with Gasteiger partial charge in [0, 0.05) is 5.41 Å². The van der Waals surface area contributed by atoms with E-state index >= 15 is 0 Å². The Labute approximate surface area is 371 Å². The Bertz CT molecular complexity index is 2350. The maximum Gasteiger partial charge on any atom is 0.148 e. The number of hydrogen-bond donors (Lipinski definition) is 0. The van der Waals surface area contributed by atoms with Crippen LogP contribution in [0, 0.1) is 67.7 Å². The van der Waals surface area contributed by atoms with E-state index in [1.165, 1.54) is 37.4 Å². The number of alkyl halides is 2. The van der Waals surface area contributed by atoms with E-state index in [1.807, 2.05) is 0 Å². The minimum absolute atomic E-state index is 0.616. The van der Waals surface area contributed by atoms with E-state index in [2.05, 4.69) is 156 Å². The highest BCUT2D eigenvalue weighted by molar-refractivity contribution is 7.80. The zero-order chi connectivity index (χ0) is 44.2. The molecule has 6 rings (SSSR count). The van der Waals surface area contributed by atoms with E-state index in [9.17, 15) is 0 Å². The van der Waals surface area contributed by atoms with Gasteiger partial charge in [0.25, 0.3) is 0 Å². The maximum atomic E-state index is 7.68. The number of aryl methyl sites for hydroxylation is 9. The van der Waals surface area contributed by atoms with Crippen LogP contribution in [-0.4, -0.2) is 32.8 Å². The van der Waals surface area contributed by atoms with Crippen LogP contribution in [0.15, 0.2) is 83.7 Å². The second kappa shape index (κ2) is 17.5. The van der Waals surface area contributed by atoms with Crippen LogP contribution in [-0.2, 0) is 0 Å². The van der Waals surface area contributed by atoms with E-state index in [4.69, 9.17) is 42.1 Å². The molecule has 0 aromatic heterocycles. The van der Waals surface area contributed by atoms with Crippen molar-refractivity contribution in [3.63, 3.8) is 0 Å². The molecule has 4 nitrogen and oxygen atoms in total. The summed E-state index contributed by atoms with van der Waals surface area (Å²) in [5, 5.41) is 7.41. The van der Waals surface area contributed by atoms with Gasteiger partial charge in [0.1, 0.15) is 27.3 Å². The molecule has 5 aromatic carbocycles. The zero-order valence-corrected chi connectivity index (χ0v) is 41.5. The summed E-state index contributed by atoms with van der Waals surface area (Å²) in [5.41, 5.74) is 12.6. The molecule has 0 fully saturated rings. The molecule has 0 radical (unpaired) electrons. The first-order valence-electron chi connectivity index (χ1n) is 20.4. The van der Waals surface area contributed by atoms with Crippen molar-refractivity contribution in [3.8, 4) is 23.0 Å². The summed E-state index contributed by atoms with van der Waals surface area (Å²) in [5.74, 6) is 3.63. The van der Waals surface area contributed by atoms with Gasteiger partial charge in [-0.2, -0.15) is 0 Å². The van der Waals surface area contributed by atoms with Crippen LogP contribution in [0.2, 0.25) is 0 Å². The maximum absolute atomic E-state index is 7.68. The number of ether oxygens (including phenoxy) is 4. The van der Waals surface area contributed by atoms with Crippen molar-refractivity contribution in [1.29, 1.82) is 0 Å². The van der Waals surface area contributed by atoms with Crippen LogP contribution in [0.25, 0.3) is 5.57 Å². The van der Waals surface area contributed by atoms with Gasteiger partial charge in [0.05, 0.1) is 28.4 Å². The summed E-state index contributed by atoms with van der Waals surface area (Å²) >= 11 is 15.4. The average Bonchev–Trinajstić information content (AvgIpc) is 3.15. The Balaban J connectivity index is 1.77. The van der Waals surface area contributed by atoms with Crippen molar-refractivity contribution in [2.75, 3.05) is 28.4 Å². The second-order valence-corrected chi connectivity index (χ2v) is 22.6. The first-order valence-corrected chi connectivity index (χ1v) is 23.8. The zero-order valence-electron chi connectivity index (χ0n) is 38.2. The molecule has 8 heteroatoms. The van der Waals surface area contributed by atoms with Crippen molar-refractivity contribution in [2.24, 2.45) is 5.41 Å². The summed E-state index contributed by atoms with van der Waals surface area (Å²) in [4.78, 5) is 0. The third-order valence-corrected chi connectivity index (χ3v) is 18.3. The Morgan fingerprint density at radius 3 is 1.08 bits per heavy atom. The van der Waals surface area contributed by atoms with E-state index < -0.39 is 25.6 Å². The van der Waals surface area contributed by atoms with Gasteiger partial charge in [-0.3, -0.25) is 0 Å². The molecule has 0 spiro atoms. The molecule has 1 aliphatic carbocycles. The van der Waals surface area contributed by atoms with E-state index in [0.717, 1.165) is 84.2 Å². The van der Waals surface area contributed by atoms with E-state index in [1.54, 1.807) is 28.4 Å². The quantitative estimate of drug-likeness (QED) is 0.0978. The minimum Gasteiger partial charge on any atom is -0.496 e. The number of allylic oxidation sites excluding steroid dienone is 4. The topological polar surface area (TPSA) is 36.9 Å². The van der Waals surface area contributed by atoms with Crippen molar-refractivity contribution in [3.05, 3.63) is 139 Å². The van der Waals surface area contributed by atoms with Crippen LogP contribution in [0.4, 0.5) is 0 Å². The molecule has 0 heterocycles. The average molecular weight is 882 g/mol. The third-order valence-electron chi connectivity index (χ3n) is 12.0. The molecular weight excluding hydrogens is 821 g/mol. The molecule has 0 bridgehead atoms. The molecule has 60 heavy (non-hydrogen) atoms. The normalized spacial score (nSPS) is 14.8. The fraction of sp³-hybridized carbons (Fsp3) is 0.346. The Kier molecular flexibility index (Phi) is 13.4. The van der Waals surface area contributed by atoms with Gasteiger partial charge in [-0.1, -0.05) is 61.3 Å². The van der Waals surface area contributed by atoms with Crippen molar-refractivity contribution < 1.29 is 18.9 Å². The molecule has 316 valence electrons. The van der Waals surface area contributed by atoms with Crippen LogP contribution >= 0.6 is 39.0 Å². The summed E-state index contributed by atoms with van der Waals surface area (Å²) < 4.78 is 22.4. The predicted octanol–water partition coefficient (Wildman–Crippen LogP) is 12.3. The number of benzene rings is 5. The van der Waals surface area contributed by atoms with Gasteiger partial charge in [-0.05, 0) is 232 Å². The van der Waals surface area contributed by atoms with Crippen LogP contribution in [0.5, 0.6) is 23.0 Å². The lowest BCUT2D eigenvalue weighted by Crippen LogP contribution is -2.38. The SMILES string of the molecule is COc1c(C)cc(P(C2=CC(C)(C)C(Cl)(Cl)C(C)=C2c2c(C)cccc2P(c2cc(C)c(OC)c(C)c2)c2cc(C)c(OC)c(C)c2)c2cc(C)c(OC)c(C)c2)cc1C. The molecule has 0 unspecified atom stereocenters. The van der Waals surface area contributed by atoms with E-state index in [-0.39, 0.29) is 0 Å². The molecule has 0 saturated heterocycles. The van der Waals surface area contributed by atoms with Gasteiger partial charge in [0.2, 0.25) is 0 Å². The van der Waals surface area contributed by atoms with Crippen LogP contribution < -0.4 is 45.5 Å². The van der Waals surface area contributed by atoms with Crippen molar-refractivity contribution in [2.45, 2.75) is 87.4 Å². The number of rotatable bonds is 11. The van der Waals surface area contributed by atoms with E-state index in [0.29, 0.717) is 0 Å². The molecular formula is C52H60Cl2O4P2. The number of halogens is 2. The van der Waals surface area contributed by atoms with Gasteiger partial charge in [-0.25, -0.2) is 0 Å². The fourth-order valence-corrected chi connectivity index (χ4v) is 15.7. The lowest BCUT2D eigenvalue weighted by Gasteiger charge is -2.44. The van der Waals surface area contributed by atoms with Crippen molar-refractivity contribution >= 4 is 71.1 Å². The molecule has 1 aliphatic rings. The van der Waals surface area contributed by atoms with Crippen molar-refractivity contribution in [1.82, 2.24) is 0 Å². The van der Waals surface area contributed by atoms with Crippen LogP contribution in [0.1, 0.15) is 76.4 Å². The molecule has 0 N–H and O–H groups in total. The Morgan fingerprint density at radius 2 is 0.767 bits per heavy atom. The fourth-order valence-electron chi connectivity index (χ4n) is 9.36. The second-order valence-electron chi connectivity index (χ2n) is 16.9. The summed E-state index contributed by atoms with van der Waals surface area (Å²) in [6, 6.07) is 25.3. The van der Waals surface area contributed by atoms with Gasteiger partial charge < -0.3 is 18.9 Å². The monoisotopic (exact) mass is 880 g/mol. The van der Waals surface area contributed by atoms with Crippen LogP contribution in [0.3, 0.4) is 0 Å². The predicted molar refractivity (Wildman–Crippen MR) is 262 cm³/mol. The largest absolute Gasteiger partial charge is 0.496 e. The summed E-state index contributed by atoms with van der Waals surface area (Å²) in [7, 11) is 4.66. The van der Waals surface area contributed by atoms with Gasteiger partial charge in [-0.15, -0.1) is 0 Å². The minimum atomic E-state index is -1.20. The number of methoxy groups -OCH3 is 4. The lowest BCUT2D eigenvalue weighted by molar-refractivity contribution is 0.408. The highest BCUT2D eigenvalue weighted by Crippen LogP contribution is 2.62. The molecule has 0 saturated carbocycles. The molecule has 0 aliphatic heterocycles. The molecule has 0 amide bonds. The first kappa shape index (κ1) is 45.7. The molecule has 5 aromatic rings. The van der Waals surface area contributed by atoms with Gasteiger partial charge in [0.15, 0.2) is 0 Å². The summed E-state index contributed by atoms with van der Waals surface area (Å²) in [6.45, 7) is 25.8. The first-order chi connectivity index (χ1) is 28.2. The highest BCUT2D eigenvalue weighted by Gasteiger charge is 2.49. The third kappa shape index (κ3) is 8.04. The smallest absolute Gasteiger partial charge is 0.148 e. The Morgan fingerprint density at radius 1 is 0.450 bits per heavy atom. The standard InChI is InChI=1S/C52H60Cl2O4P2/c1-29-18-17-19-43(59(39-20-30(2)47(55-13)31(3)21-39)40-22-32(4)48(56-14)33(5)23-40)45(29)46-38(10)52(53,54)51(11,12)28-44(46)60(41-24-34(6)49(57-15)35(7)25-41)42-26-36(8)50(58-16)37(9)27-42/h17-28H,1-16H3. The Hall–Kier alpha value is -3.78. The van der Waals surface area contributed by atoms with Gasteiger partial charge >= 0.3 is 0 Å². The molecule has 0 atom stereocenters. The summed E-state index contributed by atoms with van der Waals surface area (Å²) in [6.07, 6.45) is 2.38. The highest BCUT2D eigenvalue weighted by atomic mass is 35.5. The lowest BCUT2D eigenvalue weighted by atomic mass is 9.76.